The third-order valence-corrected chi connectivity index (χ3v) is 9.51. The standard InChI is InChI=1S/C46H28N2O2/c1-4-11-29(12-5-1)32-21-24-41-38(25-32)36-22-19-33(26-43(36)49-41)35-17-10-18-42-45(35)37-23-20-34(27-44(37)50-42)46-47-39(30-13-6-2-7-14-30)28-40(48-46)31-15-8-3-9-16-31/h1-28H. The first kappa shape index (κ1) is 28.3. The van der Waals surface area contributed by atoms with Crippen molar-refractivity contribution in [1.29, 1.82) is 0 Å². The second-order valence-electron chi connectivity index (χ2n) is 12.6. The van der Waals surface area contributed by atoms with Crippen LogP contribution in [0.2, 0.25) is 0 Å². The van der Waals surface area contributed by atoms with Gasteiger partial charge in [-0.25, -0.2) is 9.97 Å². The van der Waals surface area contributed by atoms with Gasteiger partial charge in [0.1, 0.15) is 22.3 Å². The van der Waals surface area contributed by atoms with Gasteiger partial charge in [-0.15, -0.1) is 0 Å². The minimum Gasteiger partial charge on any atom is -0.456 e. The van der Waals surface area contributed by atoms with E-state index in [0.29, 0.717) is 5.82 Å². The van der Waals surface area contributed by atoms with Crippen LogP contribution < -0.4 is 0 Å². The van der Waals surface area contributed by atoms with Crippen LogP contribution in [0.1, 0.15) is 0 Å². The van der Waals surface area contributed by atoms with Gasteiger partial charge in [0.25, 0.3) is 0 Å². The van der Waals surface area contributed by atoms with Crippen LogP contribution in [0.4, 0.5) is 0 Å². The van der Waals surface area contributed by atoms with Crippen LogP contribution in [0.3, 0.4) is 0 Å². The maximum Gasteiger partial charge on any atom is 0.160 e. The Labute approximate surface area is 287 Å². The Morgan fingerprint density at radius 1 is 0.320 bits per heavy atom. The molecule has 0 saturated carbocycles. The van der Waals surface area contributed by atoms with Crippen molar-refractivity contribution in [3.05, 3.63) is 170 Å². The number of benzene rings is 7. The molecule has 3 aromatic heterocycles. The molecule has 0 fully saturated rings. The highest BCUT2D eigenvalue weighted by atomic mass is 16.3. The Morgan fingerprint density at radius 3 is 1.62 bits per heavy atom. The van der Waals surface area contributed by atoms with Crippen molar-refractivity contribution in [2.75, 3.05) is 0 Å². The zero-order valence-electron chi connectivity index (χ0n) is 26.9. The van der Waals surface area contributed by atoms with Gasteiger partial charge < -0.3 is 8.83 Å². The molecule has 10 rings (SSSR count). The summed E-state index contributed by atoms with van der Waals surface area (Å²) >= 11 is 0. The van der Waals surface area contributed by atoms with Gasteiger partial charge in [-0.1, -0.05) is 121 Å². The smallest absolute Gasteiger partial charge is 0.160 e. The second kappa shape index (κ2) is 11.4. The molecular weight excluding hydrogens is 613 g/mol. The maximum atomic E-state index is 6.52. The van der Waals surface area contributed by atoms with E-state index in [1.54, 1.807) is 0 Å². The predicted octanol–water partition coefficient (Wildman–Crippen LogP) is 12.6. The van der Waals surface area contributed by atoms with Gasteiger partial charge in [0.2, 0.25) is 0 Å². The Balaban J connectivity index is 1.08. The Hall–Kier alpha value is -6.78. The van der Waals surface area contributed by atoms with Crippen molar-refractivity contribution in [3.8, 4) is 56.2 Å². The average Bonchev–Trinajstić information content (AvgIpc) is 3.76. The fourth-order valence-electron chi connectivity index (χ4n) is 7.05. The van der Waals surface area contributed by atoms with E-state index in [1.165, 1.54) is 11.1 Å². The minimum atomic E-state index is 0.651. The van der Waals surface area contributed by atoms with E-state index >= 15 is 0 Å². The van der Waals surface area contributed by atoms with Crippen molar-refractivity contribution in [2.24, 2.45) is 0 Å². The van der Waals surface area contributed by atoms with Crippen LogP contribution in [-0.2, 0) is 0 Å². The topological polar surface area (TPSA) is 52.1 Å². The van der Waals surface area contributed by atoms with Crippen LogP contribution in [0.5, 0.6) is 0 Å². The van der Waals surface area contributed by atoms with Crippen molar-refractivity contribution in [1.82, 2.24) is 9.97 Å². The molecule has 0 spiro atoms. The van der Waals surface area contributed by atoms with Crippen LogP contribution in [0.25, 0.3) is 100 Å². The number of fused-ring (bicyclic) bond motifs is 6. The molecule has 10 aromatic rings. The lowest BCUT2D eigenvalue weighted by Gasteiger charge is -2.09. The largest absolute Gasteiger partial charge is 0.456 e. The molecule has 0 saturated heterocycles. The first-order valence-corrected chi connectivity index (χ1v) is 16.7. The molecule has 50 heavy (non-hydrogen) atoms. The molecular formula is C46H28N2O2. The first-order chi connectivity index (χ1) is 24.7. The van der Waals surface area contributed by atoms with E-state index in [0.717, 1.165) is 83.1 Å². The molecule has 3 heterocycles. The summed E-state index contributed by atoms with van der Waals surface area (Å²) < 4.78 is 12.9. The summed E-state index contributed by atoms with van der Waals surface area (Å²) in [4.78, 5) is 10.1. The van der Waals surface area contributed by atoms with Gasteiger partial charge in [0, 0.05) is 38.2 Å². The van der Waals surface area contributed by atoms with Crippen molar-refractivity contribution < 1.29 is 8.83 Å². The molecule has 7 aromatic carbocycles. The van der Waals surface area contributed by atoms with E-state index in [-0.39, 0.29) is 0 Å². The predicted molar refractivity (Wildman–Crippen MR) is 204 cm³/mol. The van der Waals surface area contributed by atoms with Gasteiger partial charge in [-0.05, 0) is 70.8 Å². The normalized spacial score (nSPS) is 11.6. The quantitative estimate of drug-likeness (QED) is 0.188. The second-order valence-corrected chi connectivity index (χ2v) is 12.6. The van der Waals surface area contributed by atoms with Crippen molar-refractivity contribution in [2.45, 2.75) is 0 Å². The molecule has 0 atom stereocenters. The molecule has 234 valence electrons. The summed E-state index contributed by atoms with van der Waals surface area (Å²) in [6, 6.07) is 58.4. The minimum absolute atomic E-state index is 0.651. The van der Waals surface area contributed by atoms with Gasteiger partial charge in [0.05, 0.1) is 11.4 Å². The molecule has 0 N–H and O–H groups in total. The van der Waals surface area contributed by atoms with Gasteiger partial charge >= 0.3 is 0 Å². The third kappa shape index (κ3) is 4.77. The van der Waals surface area contributed by atoms with E-state index < -0.39 is 0 Å². The molecule has 0 unspecified atom stereocenters. The Kier molecular flexibility index (Phi) is 6.46. The first-order valence-electron chi connectivity index (χ1n) is 16.7. The Morgan fingerprint density at radius 2 is 0.900 bits per heavy atom. The lowest BCUT2D eigenvalue weighted by molar-refractivity contribution is 0.668. The zero-order chi connectivity index (χ0) is 33.0. The number of hydrogen-bond donors (Lipinski definition) is 0. The number of aromatic nitrogens is 2. The van der Waals surface area contributed by atoms with Crippen LogP contribution in [0.15, 0.2) is 179 Å². The summed E-state index contributed by atoms with van der Waals surface area (Å²) in [7, 11) is 0. The third-order valence-electron chi connectivity index (χ3n) is 9.51. The number of nitrogens with zero attached hydrogens (tertiary/aromatic N) is 2. The van der Waals surface area contributed by atoms with Crippen LogP contribution >= 0.6 is 0 Å². The molecule has 0 aliphatic rings. The molecule has 4 heteroatoms. The molecule has 0 bridgehead atoms. The number of furan rings is 2. The van der Waals surface area contributed by atoms with E-state index in [2.05, 4.69) is 121 Å². The summed E-state index contributed by atoms with van der Waals surface area (Å²) in [6.07, 6.45) is 0. The molecule has 0 aliphatic heterocycles. The molecule has 0 radical (unpaired) electrons. The van der Waals surface area contributed by atoms with Crippen molar-refractivity contribution in [3.63, 3.8) is 0 Å². The SMILES string of the molecule is c1ccc(-c2ccc3oc4cc(-c5cccc6oc7cc(-c8nc(-c9ccccc9)cc(-c9ccccc9)n8)ccc7c56)ccc4c3c2)cc1. The fourth-order valence-corrected chi connectivity index (χ4v) is 7.05. The average molecular weight is 641 g/mol. The molecule has 0 amide bonds. The van der Waals surface area contributed by atoms with E-state index in [9.17, 15) is 0 Å². The Bertz CT molecular complexity index is 2800. The molecule has 4 nitrogen and oxygen atoms in total. The van der Waals surface area contributed by atoms with Gasteiger partial charge in [-0.2, -0.15) is 0 Å². The zero-order valence-corrected chi connectivity index (χ0v) is 26.9. The maximum absolute atomic E-state index is 6.52. The van der Waals surface area contributed by atoms with E-state index in [1.807, 2.05) is 48.5 Å². The van der Waals surface area contributed by atoms with E-state index in [4.69, 9.17) is 18.8 Å². The number of hydrogen-bond acceptors (Lipinski definition) is 4. The summed E-state index contributed by atoms with van der Waals surface area (Å²) in [5, 5.41) is 4.32. The van der Waals surface area contributed by atoms with Crippen LogP contribution in [-0.4, -0.2) is 9.97 Å². The molecule has 0 aliphatic carbocycles. The summed E-state index contributed by atoms with van der Waals surface area (Å²) in [5.74, 6) is 0.651. The summed E-state index contributed by atoms with van der Waals surface area (Å²) in [6.45, 7) is 0. The summed E-state index contributed by atoms with van der Waals surface area (Å²) in [5.41, 5.74) is 12.6. The highest BCUT2D eigenvalue weighted by Gasteiger charge is 2.17. The fraction of sp³-hybridized carbons (Fsp3) is 0. The number of rotatable bonds is 5. The highest BCUT2D eigenvalue weighted by Crippen LogP contribution is 2.41. The lowest BCUT2D eigenvalue weighted by Crippen LogP contribution is -1.95. The van der Waals surface area contributed by atoms with Crippen molar-refractivity contribution >= 4 is 43.9 Å². The van der Waals surface area contributed by atoms with Gasteiger partial charge in [-0.3, -0.25) is 0 Å². The van der Waals surface area contributed by atoms with Crippen LogP contribution in [0, 0.1) is 0 Å². The lowest BCUT2D eigenvalue weighted by atomic mass is 9.97. The monoisotopic (exact) mass is 640 g/mol. The van der Waals surface area contributed by atoms with Gasteiger partial charge in [0.15, 0.2) is 5.82 Å². The highest BCUT2D eigenvalue weighted by molar-refractivity contribution is 6.14.